The van der Waals surface area contributed by atoms with Gasteiger partial charge in [0.2, 0.25) is 11.8 Å². The van der Waals surface area contributed by atoms with Crippen LogP contribution in [0.1, 0.15) is 44.9 Å². The molecule has 4 unspecified atom stereocenters. The van der Waals surface area contributed by atoms with E-state index in [0.29, 0.717) is 13.0 Å². The van der Waals surface area contributed by atoms with Crippen LogP contribution in [0.5, 0.6) is 0 Å². The molecule has 1 aliphatic heterocycles. The van der Waals surface area contributed by atoms with Crippen molar-refractivity contribution in [2.45, 2.75) is 44.9 Å². The highest BCUT2D eigenvalue weighted by molar-refractivity contribution is 6.05. The molecule has 3 rings (SSSR count). The molecule has 0 aromatic rings. The number of fused-ring (bicyclic) bond motifs is 1. The Labute approximate surface area is 118 Å². The number of carboxylic acids is 1. The van der Waals surface area contributed by atoms with Gasteiger partial charge in [-0.2, -0.15) is 0 Å². The zero-order chi connectivity index (χ0) is 14.3. The number of nitrogens with zero attached hydrogens (tertiary/aromatic N) is 1. The predicted octanol–water partition coefficient (Wildman–Crippen LogP) is 1.66. The molecule has 0 radical (unpaired) electrons. The van der Waals surface area contributed by atoms with Crippen molar-refractivity contribution in [3.8, 4) is 0 Å². The van der Waals surface area contributed by atoms with Gasteiger partial charge in [0.25, 0.3) is 0 Å². The van der Waals surface area contributed by atoms with Crippen LogP contribution in [-0.2, 0) is 14.4 Å². The summed E-state index contributed by atoms with van der Waals surface area (Å²) in [5.74, 6) is -1.57. The van der Waals surface area contributed by atoms with Crippen LogP contribution in [0.25, 0.3) is 0 Å². The second kappa shape index (κ2) is 5.19. The molecule has 1 N–H and O–H groups in total. The first kappa shape index (κ1) is 13.6. The van der Waals surface area contributed by atoms with Crippen LogP contribution >= 0.6 is 0 Å². The lowest BCUT2D eigenvalue weighted by atomic mass is 9.79. The fraction of sp³-hybridized carbons (Fsp3) is 0.800. The second-order valence-corrected chi connectivity index (χ2v) is 6.42. The largest absolute Gasteiger partial charge is 0.481 e. The van der Waals surface area contributed by atoms with Crippen LogP contribution in [0.15, 0.2) is 0 Å². The average Bonchev–Trinajstić information content (AvgIpc) is 2.99. The molecule has 4 atom stereocenters. The number of carbonyl (C=O) groups is 3. The van der Waals surface area contributed by atoms with E-state index in [1.54, 1.807) is 0 Å². The summed E-state index contributed by atoms with van der Waals surface area (Å²) in [4.78, 5) is 37.3. The first-order valence-electron chi connectivity index (χ1n) is 7.67. The maximum Gasteiger partial charge on any atom is 0.306 e. The average molecular weight is 279 g/mol. The van der Waals surface area contributed by atoms with Gasteiger partial charge in [0.15, 0.2) is 0 Å². The highest BCUT2D eigenvalue weighted by Crippen LogP contribution is 2.41. The Bertz CT molecular complexity index is 425. The molecule has 5 nitrogen and oxygen atoms in total. The number of amides is 2. The summed E-state index contributed by atoms with van der Waals surface area (Å²) in [5.41, 5.74) is 0. The lowest BCUT2D eigenvalue weighted by molar-refractivity contribution is -0.149. The van der Waals surface area contributed by atoms with Crippen LogP contribution in [0, 0.1) is 23.7 Å². The minimum Gasteiger partial charge on any atom is -0.481 e. The van der Waals surface area contributed by atoms with Crippen molar-refractivity contribution < 1.29 is 19.5 Å². The Morgan fingerprint density at radius 1 is 1.00 bits per heavy atom. The first-order valence-corrected chi connectivity index (χ1v) is 7.67. The van der Waals surface area contributed by atoms with Gasteiger partial charge in [0.05, 0.1) is 17.8 Å². The summed E-state index contributed by atoms with van der Waals surface area (Å²) < 4.78 is 0. The van der Waals surface area contributed by atoms with Gasteiger partial charge in [-0.3, -0.25) is 19.3 Å². The number of imide groups is 1. The molecular formula is C15H21NO4. The predicted molar refractivity (Wildman–Crippen MR) is 70.6 cm³/mol. The molecule has 110 valence electrons. The van der Waals surface area contributed by atoms with Crippen LogP contribution in [0.3, 0.4) is 0 Å². The standard InChI is InChI=1S/C15H21NO4/c17-13-11-6-3-7-12(11)14(18)16(13)8-9-4-1-2-5-10(9)15(19)20/h9-12H,1-8H2,(H,19,20). The van der Waals surface area contributed by atoms with Gasteiger partial charge in [0.1, 0.15) is 0 Å². The molecule has 3 fully saturated rings. The fourth-order valence-electron chi connectivity index (χ4n) is 4.23. The zero-order valence-electron chi connectivity index (χ0n) is 11.6. The van der Waals surface area contributed by atoms with Crippen molar-refractivity contribution in [3.05, 3.63) is 0 Å². The number of carboxylic acid groups (broad SMARTS) is 1. The summed E-state index contributed by atoms with van der Waals surface area (Å²) in [6.07, 6.45) is 6.00. The summed E-state index contributed by atoms with van der Waals surface area (Å²) in [7, 11) is 0. The topological polar surface area (TPSA) is 74.7 Å². The third kappa shape index (κ3) is 2.13. The van der Waals surface area contributed by atoms with E-state index >= 15 is 0 Å². The third-order valence-electron chi connectivity index (χ3n) is 5.33. The van der Waals surface area contributed by atoms with E-state index in [2.05, 4.69) is 0 Å². The molecule has 0 bridgehead atoms. The minimum absolute atomic E-state index is 0.0489. The van der Waals surface area contributed by atoms with E-state index < -0.39 is 11.9 Å². The first-order chi connectivity index (χ1) is 9.59. The maximum absolute atomic E-state index is 12.3. The number of rotatable bonds is 3. The number of aliphatic carboxylic acids is 1. The van der Waals surface area contributed by atoms with Crippen molar-refractivity contribution in [1.29, 1.82) is 0 Å². The van der Waals surface area contributed by atoms with Gasteiger partial charge >= 0.3 is 5.97 Å². The van der Waals surface area contributed by atoms with Gasteiger partial charge < -0.3 is 5.11 Å². The summed E-state index contributed by atoms with van der Waals surface area (Å²) >= 11 is 0. The molecule has 2 saturated carbocycles. The van der Waals surface area contributed by atoms with Crippen LogP contribution in [-0.4, -0.2) is 34.3 Å². The Morgan fingerprint density at radius 3 is 2.20 bits per heavy atom. The number of carbonyl (C=O) groups excluding carboxylic acids is 2. The molecule has 0 aromatic carbocycles. The molecule has 2 amide bonds. The highest BCUT2D eigenvalue weighted by Gasteiger charge is 2.50. The van der Waals surface area contributed by atoms with Crippen molar-refractivity contribution in [2.24, 2.45) is 23.7 Å². The van der Waals surface area contributed by atoms with Crippen molar-refractivity contribution in [1.82, 2.24) is 4.90 Å². The Morgan fingerprint density at radius 2 is 1.60 bits per heavy atom. The van der Waals surface area contributed by atoms with Gasteiger partial charge in [-0.05, 0) is 31.6 Å². The molecule has 1 heterocycles. The molecule has 3 aliphatic rings. The molecule has 1 saturated heterocycles. The summed E-state index contributed by atoms with van der Waals surface area (Å²) in [6.45, 7) is 0.321. The van der Waals surface area contributed by atoms with E-state index in [1.165, 1.54) is 4.90 Å². The fourth-order valence-corrected chi connectivity index (χ4v) is 4.23. The third-order valence-corrected chi connectivity index (χ3v) is 5.33. The normalized spacial score (nSPS) is 37.3. The van der Waals surface area contributed by atoms with E-state index in [9.17, 15) is 19.5 Å². The van der Waals surface area contributed by atoms with Crippen molar-refractivity contribution in [2.75, 3.05) is 6.54 Å². The second-order valence-electron chi connectivity index (χ2n) is 6.42. The molecule has 2 aliphatic carbocycles. The molecule has 20 heavy (non-hydrogen) atoms. The van der Waals surface area contributed by atoms with Gasteiger partial charge in [0, 0.05) is 6.54 Å². The van der Waals surface area contributed by atoms with E-state index in [1.807, 2.05) is 0 Å². The van der Waals surface area contributed by atoms with Crippen molar-refractivity contribution >= 4 is 17.8 Å². The minimum atomic E-state index is -0.783. The lowest BCUT2D eigenvalue weighted by Gasteiger charge is -2.31. The van der Waals surface area contributed by atoms with Gasteiger partial charge in [-0.15, -0.1) is 0 Å². The van der Waals surface area contributed by atoms with E-state index in [0.717, 1.165) is 38.5 Å². The van der Waals surface area contributed by atoms with Crippen LogP contribution < -0.4 is 0 Å². The van der Waals surface area contributed by atoms with E-state index in [4.69, 9.17) is 0 Å². The Balaban J connectivity index is 1.72. The van der Waals surface area contributed by atoms with Gasteiger partial charge in [-0.1, -0.05) is 19.3 Å². The smallest absolute Gasteiger partial charge is 0.306 e. The van der Waals surface area contributed by atoms with Crippen molar-refractivity contribution in [3.63, 3.8) is 0 Å². The monoisotopic (exact) mass is 279 g/mol. The molecule has 0 spiro atoms. The maximum atomic E-state index is 12.3. The number of hydrogen-bond acceptors (Lipinski definition) is 3. The Kier molecular flexibility index (Phi) is 3.52. The molecule has 0 aromatic heterocycles. The quantitative estimate of drug-likeness (QED) is 0.797. The molecule has 5 heteroatoms. The SMILES string of the molecule is O=C(O)C1CCCCC1CN1C(=O)C2CCCC2C1=O. The Hall–Kier alpha value is -1.39. The lowest BCUT2D eigenvalue weighted by Crippen LogP contribution is -2.41. The van der Waals surface area contributed by atoms with Crippen LogP contribution in [0.4, 0.5) is 0 Å². The van der Waals surface area contributed by atoms with Crippen LogP contribution in [0.2, 0.25) is 0 Å². The zero-order valence-corrected chi connectivity index (χ0v) is 11.6. The number of hydrogen-bond donors (Lipinski definition) is 1. The summed E-state index contributed by atoms with van der Waals surface area (Å²) in [6, 6.07) is 0. The summed E-state index contributed by atoms with van der Waals surface area (Å²) in [5, 5.41) is 9.29. The highest BCUT2D eigenvalue weighted by atomic mass is 16.4. The molecular weight excluding hydrogens is 258 g/mol. The number of likely N-dealkylation sites (tertiary alicyclic amines) is 1. The van der Waals surface area contributed by atoms with Gasteiger partial charge in [-0.25, -0.2) is 0 Å². The van der Waals surface area contributed by atoms with E-state index in [-0.39, 0.29) is 29.6 Å².